The molecule has 1 aliphatic carbocycles. The van der Waals surface area contributed by atoms with Gasteiger partial charge in [-0.3, -0.25) is 4.98 Å². The Hall–Kier alpha value is -1.67. The topological polar surface area (TPSA) is 24.9 Å². The predicted molar refractivity (Wildman–Crippen MR) is 73.5 cm³/mol. The highest BCUT2D eigenvalue weighted by molar-refractivity contribution is 5.33. The lowest BCUT2D eigenvalue weighted by Gasteiger charge is -2.23. The number of benzene rings is 1. The molecule has 0 saturated heterocycles. The van der Waals surface area contributed by atoms with Gasteiger partial charge < -0.3 is 5.32 Å². The van der Waals surface area contributed by atoms with Gasteiger partial charge in [-0.2, -0.15) is 0 Å². The summed E-state index contributed by atoms with van der Waals surface area (Å²) in [4.78, 5) is 4.60. The molecular formula is C16H18N2. The molecule has 3 rings (SSSR count). The van der Waals surface area contributed by atoms with Crippen molar-refractivity contribution >= 4 is 0 Å². The van der Waals surface area contributed by atoms with Crippen molar-refractivity contribution < 1.29 is 0 Å². The number of aryl methyl sites for hydroxylation is 1. The van der Waals surface area contributed by atoms with Crippen LogP contribution in [0.1, 0.15) is 35.2 Å². The summed E-state index contributed by atoms with van der Waals surface area (Å²) in [7, 11) is 2.04. The number of likely N-dealkylation sites (N-methyl/N-ethyl adjacent to an activating group) is 1. The molecule has 92 valence electrons. The third-order valence-corrected chi connectivity index (χ3v) is 3.87. The Bertz CT molecular complexity index is 522. The zero-order chi connectivity index (χ0) is 12.4. The van der Waals surface area contributed by atoms with Crippen molar-refractivity contribution in [2.24, 2.45) is 0 Å². The first-order chi connectivity index (χ1) is 8.90. The second kappa shape index (κ2) is 4.91. The Morgan fingerprint density at radius 2 is 2.00 bits per heavy atom. The molecule has 1 aliphatic rings. The van der Waals surface area contributed by atoms with Gasteiger partial charge in [0.1, 0.15) is 0 Å². The Labute approximate surface area is 108 Å². The van der Waals surface area contributed by atoms with Crippen molar-refractivity contribution in [3.05, 3.63) is 65.5 Å². The van der Waals surface area contributed by atoms with Crippen LogP contribution >= 0.6 is 0 Å². The molecule has 0 radical (unpaired) electrons. The van der Waals surface area contributed by atoms with E-state index in [-0.39, 0.29) is 0 Å². The van der Waals surface area contributed by atoms with E-state index in [0.717, 1.165) is 6.42 Å². The largest absolute Gasteiger partial charge is 0.312 e. The molecule has 2 heteroatoms. The first-order valence-corrected chi connectivity index (χ1v) is 6.56. The van der Waals surface area contributed by atoms with Crippen LogP contribution in [-0.4, -0.2) is 12.0 Å². The quantitative estimate of drug-likeness (QED) is 0.889. The number of hydrogen-bond acceptors (Lipinski definition) is 2. The van der Waals surface area contributed by atoms with Gasteiger partial charge >= 0.3 is 0 Å². The van der Waals surface area contributed by atoms with Gasteiger partial charge in [-0.1, -0.05) is 36.4 Å². The first kappa shape index (κ1) is 11.4. The second-order valence-corrected chi connectivity index (χ2v) is 4.87. The van der Waals surface area contributed by atoms with E-state index in [2.05, 4.69) is 46.7 Å². The summed E-state index contributed by atoms with van der Waals surface area (Å²) in [5.74, 6) is 0.494. The normalized spacial score (nSPS) is 19.5. The summed E-state index contributed by atoms with van der Waals surface area (Å²) in [6, 6.07) is 15.3. The smallest absolute Gasteiger partial charge is 0.0485 e. The van der Waals surface area contributed by atoms with E-state index in [4.69, 9.17) is 0 Å². The van der Waals surface area contributed by atoms with Crippen LogP contribution in [0.15, 0.2) is 48.7 Å². The van der Waals surface area contributed by atoms with Gasteiger partial charge in [-0.15, -0.1) is 0 Å². The fraction of sp³-hybridized carbons (Fsp3) is 0.312. The van der Waals surface area contributed by atoms with Crippen molar-refractivity contribution in [3.63, 3.8) is 0 Å². The average Bonchev–Trinajstić information content (AvgIpc) is 2.85. The lowest BCUT2D eigenvalue weighted by atomic mass is 9.91. The van der Waals surface area contributed by atoms with E-state index in [0.29, 0.717) is 12.0 Å². The summed E-state index contributed by atoms with van der Waals surface area (Å²) in [5.41, 5.74) is 4.04. The van der Waals surface area contributed by atoms with Crippen LogP contribution in [-0.2, 0) is 6.42 Å². The number of aromatic nitrogens is 1. The molecule has 0 aliphatic heterocycles. The molecule has 2 nitrogen and oxygen atoms in total. The van der Waals surface area contributed by atoms with E-state index in [9.17, 15) is 0 Å². The van der Waals surface area contributed by atoms with Gasteiger partial charge in [0, 0.05) is 23.9 Å². The standard InChI is InChI=1S/C16H18N2/c1-17-15(12-6-3-2-4-7-12)14-10-9-13-8-5-11-18-16(13)14/h2-8,11,14-15,17H,9-10H2,1H3. The summed E-state index contributed by atoms with van der Waals surface area (Å²) < 4.78 is 0. The van der Waals surface area contributed by atoms with E-state index in [1.807, 2.05) is 19.3 Å². The number of hydrogen-bond donors (Lipinski definition) is 1. The molecule has 2 unspecified atom stereocenters. The predicted octanol–water partition coefficient (Wildman–Crippen LogP) is 3.07. The van der Waals surface area contributed by atoms with Gasteiger partial charge in [0.15, 0.2) is 0 Å². The van der Waals surface area contributed by atoms with Crippen molar-refractivity contribution in [3.8, 4) is 0 Å². The van der Waals surface area contributed by atoms with Crippen LogP contribution in [0.4, 0.5) is 0 Å². The lowest BCUT2D eigenvalue weighted by molar-refractivity contribution is 0.470. The maximum atomic E-state index is 4.60. The molecular weight excluding hydrogens is 220 g/mol. The van der Waals surface area contributed by atoms with Crippen molar-refractivity contribution in [1.82, 2.24) is 10.3 Å². The third-order valence-electron chi connectivity index (χ3n) is 3.87. The van der Waals surface area contributed by atoms with Crippen molar-refractivity contribution in [1.29, 1.82) is 0 Å². The summed E-state index contributed by atoms with van der Waals surface area (Å²) in [5, 5.41) is 3.46. The fourth-order valence-electron chi connectivity index (χ4n) is 3.03. The highest BCUT2D eigenvalue weighted by Crippen LogP contribution is 2.39. The first-order valence-electron chi connectivity index (χ1n) is 6.56. The minimum absolute atomic E-state index is 0.363. The van der Waals surface area contributed by atoms with Crippen LogP contribution in [0.2, 0.25) is 0 Å². The molecule has 18 heavy (non-hydrogen) atoms. The van der Waals surface area contributed by atoms with Crippen LogP contribution in [0.25, 0.3) is 0 Å². The maximum absolute atomic E-state index is 4.60. The molecule has 0 fully saturated rings. The molecule has 0 spiro atoms. The number of pyridine rings is 1. The molecule has 0 bridgehead atoms. The zero-order valence-corrected chi connectivity index (χ0v) is 10.6. The third kappa shape index (κ3) is 1.93. The number of fused-ring (bicyclic) bond motifs is 1. The van der Waals surface area contributed by atoms with E-state index >= 15 is 0 Å². The Morgan fingerprint density at radius 1 is 1.17 bits per heavy atom. The second-order valence-electron chi connectivity index (χ2n) is 4.87. The van der Waals surface area contributed by atoms with Crippen LogP contribution < -0.4 is 5.32 Å². The number of nitrogens with zero attached hydrogens (tertiary/aromatic N) is 1. The summed E-state index contributed by atoms with van der Waals surface area (Å²) >= 11 is 0. The lowest BCUT2D eigenvalue weighted by Crippen LogP contribution is -2.23. The van der Waals surface area contributed by atoms with E-state index in [1.165, 1.54) is 23.2 Å². The van der Waals surface area contributed by atoms with Gasteiger partial charge in [0.25, 0.3) is 0 Å². The monoisotopic (exact) mass is 238 g/mol. The average molecular weight is 238 g/mol. The minimum atomic E-state index is 0.363. The summed E-state index contributed by atoms with van der Waals surface area (Å²) in [6.45, 7) is 0. The molecule has 1 heterocycles. The van der Waals surface area contributed by atoms with Crippen molar-refractivity contribution in [2.45, 2.75) is 24.8 Å². The fourth-order valence-corrected chi connectivity index (χ4v) is 3.03. The van der Waals surface area contributed by atoms with Crippen molar-refractivity contribution in [2.75, 3.05) is 7.05 Å². The van der Waals surface area contributed by atoms with E-state index in [1.54, 1.807) is 0 Å². The SMILES string of the molecule is CNC(c1ccccc1)C1CCc2cccnc21. The molecule has 0 amide bonds. The van der Waals surface area contributed by atoms with Crippen LogP contribution in [0, 0.1) is 0 Å². The molecule has 1 aromatic carbocycles. The minimum Gasteiger partial charge on any atom is -0.312 e. The van der Waals surface area contributed by atoms with Gasteiger partial charge in [0.2, 0.25) is 0 Å². The molecule has 0 saturated carbocycles. The number of nitrogens with one attached hydrogen (secondary N) is 1. The zero-order valence-electron chi connectivity index (χ0n) is 10.6. The van der Waals surface area contributed by atoms with Gasteiger partial charge in [0.05, 0.1) is 0 Å². The van der Waals surface area contributed by atoms with E-state index < -0.39 is 0 Å². The highest BCUT2D eigenvalue weighted by atomic mass is 14.9. The molecule has 2 aromatic rings. The van der Waals surface area contributed by atoms with Crippen LogP contribution in [0.5, 0.6) is 0 Å². The Morgan fingerprint density at radius 3 is 2.78 bits per heavy atom. The Balaban J connectivity index is 1.95. The Kier molecular flexibility index (Phi) is 3.11. The maximum Gasteiger partial charge on any atom is 0.0485 e. The molecule has 1 aromatic heterocycles. The highest BCUT2D eigenvalue weighted by Gasteiger charge is 2.30. The molecule has 2 atom stereocenters. The summed E-state index contributed by atoms with van der Waals surface area (Å²) in [6.07, 6.45) is 4.25. The van der Waals surface area contributed by atoms with Crippen LogP contribution in [0.3, 0.4) is 0 Å². The molecule has 1 N–H and O–H groups in total. The van der Waals surface area contributed by atoms with Gasteiger partial charge in [-0.05, 0) is 37.1 Å². The number of rotatable bonds is 3. The van der Waals surface area contributed by atoms with Gasteiger partial charge in [-0.25, -0.2) is 0 Å².